The van der Waals surface area contributed by atoms with Crippen molar-refractivity contribution < 1.29 is 9.90 Å². The molecule has 0 aliphatic carbocycles. The van der Waals surface area contributed by atoms with E-state index >= 15 is 0 Å². The molecule has 0 aliphatic heterocycles. The summed E-state index contributed by atoms with van der Waals surface area (Å²) in [5.41, 5.74) is 3.77. The number of carbonyl (C=O) groups excluding carboxylic acids is 1. The molecule has 6 nitrogen and oxygen atoms in total. The van der Waals surface area contributed by atoms with Gasteiger partial charge in [0.2, 0.25) is 5.88 Å². The van der Waals surface area contributed by atoms with E-state index in [0.29, 0.717) is 35.7 Å². The number of aromatic hydroxyl groups is 1. The van der Waals surface area contributed by atoms with Gasteiger partial charge in [-0.05, 0) is 41.5 Å². The third-order valence-electron chi connectivity index (χ3n) is 6.09. The summed E-state index contributed by atoms with van der Waals surface area (Å²) in [7, 11) is 0. The first-order valence-corrected chi connectivity index (χ1v) is 12.3. The summed E-state index contributed by atoms with van der Waals surface area (Å²) in [4.78, 5) is 14.8. The van der Waals surface area contributed by atoms with E-state index in [1.54, 1.807) is 24.3 Å². The molecule has 0 saturated heterocycles. The lowest BCUT2D eigenvalue weighted by Crippen LogP contribution is -2.25. The largest absolute Gasteiger partial charge is 0.493 e. The normalized spacial score (nSPS) is 11.5. The molecule has 0 unspecified atom stereocenters. The molecule has 0 saturated carbocycles. The van der Waals surface area contributed by atoms with Gasteiger partial charge in [-0.1, -0.05) is 90.5 Å². The van der Waals surface area contributed by atoms with Gasteiger partial charge in [-0.15, -0.1) is 10.2 Å². The Morgan fingerprint density at radius 2 is 1.35 bits per heavy atom. The zero-order chi connectivity index (χ0) is 25.6. The van der Waals surface area contributed by atoms with Gasteiger partial charge >= 0.3 is 0 Å². The summed E-state index contributed by atoms with van der Waals surface area (Å²) in [5, 5.41) is 20.6. The van der Waals surface area contributed by atoms with E-state index in [0.717, 1.165) is 5.52 Å². The molecule has 1 N–H and O–H groups in total. The molecule has 1 heterocycles. The van der Waals surface area contributed by atoms with Crippen molar-refractivity contribution in [3.8, 4) is 5.88 Å². The highest BCUT2D eigenvalue weighted by atomic mass is 35.5. The first-order valence-electron chi connectivity index (χ1n) is 11.9. The van der Waals surface area contributed by atoms with E-state index in [9.17, 15) is 9.90 Å². The van der Waals surface area contributed by atoms with Crippen LogP contribution in [0, 0.1) is 0 Å². The van der Waals surface area contributed by atoms with Crippen LogP contribution in [0.5, 0.6) is 5.88 Å². The predicted molar refractivity (Wildman–Crippen MR) is 146 cm³/mol. The van der Waals surface area contributed by atoms with Crippen LogP contribution in [0.1, 0.15) is 21.5 Å². The van der Waals surface area contributed by atoms with E-state index < -0.39 is 5.91 Å². The first-order chi connectivity index (χ1) is 18.1. The maximum Gasteiger partial charge on any atom is 0.295 e. The van der Waals surface area contributed by atoms with Crippen molar-refractivity contribution in [2.75, 3.05) is 0 Å². The Labute approximate surface area is 220 Å². The summed E-state index contributed by atoms with van der Waals surface area (Å²) in [5.74, 6) is -0.553. The van der Waals surface area contributed by atoms with Gasteiger partial charge in [0.25, 0.3) is 5.91 Å². The molecule has 0 fully saturated rings. The van der Waals surface area contributed by atoms with Gasteiger partial charge in [-0.2, -0.15) is 0 Å². The SMILES string of the molecule is O=C(N=Nc1c(O)n(CN(Cc2ccccc2)Cc2ccccc2)c2ccccc12)c1ccc(Cl)cc1. The lowest BCUT2D eigenvalue weighted by atomic mass is 10.2. The number of aromatic nitrogens is 1. The highest BCUT2D eigenvalue weighted by molar-refractivity contribution is 6.30. The smallest absolute Gasteiger partial charge is 0.295 e. The summed E-state index contributed by atoms with van der Waals surface area (Å²) in [6.45, 7) is 1.79. The Morgan fingerprint density at radius 1 is 0.784 bits per heavy atom. The van der Waals surface area contributed by atoms with Crippen LogP contribution in [-0.4, -0.2) is 20.5 Å². The molecule has 4 aromatic carbocycles. The third-order valence-corrected chi connectivity index (χ3v) is 6.34. The average molecular weight is 509 g/mol. The second-order valence-corrected chi connectivity index (χ2v) is 9.17. The molecule has 0 bridgehead atoms. The van der Waals surface area contributed by atoms with Crippen LogP contribution in [0.15, 0.2) is 119 Å². The predicted octanol–water partition coefficient (Wildman–Crippen LogP) is 7.58. The topological polar surface area (TPSA) is 70.2 Å². The molecule has 1 amide bonds. The van der Waals surface area contributed by atoms with E-state index in [1.807, 2.05) is 65.2 Å². The van der Waals surface area contributed by atoms with Crippen LogP contribution >= 0.6 is 11.6 Å². The summed E-state index contributed by atoms with van der Waals surface area (Å²) in [6.07, 6.45) is 0. The van der Waals surface area contributed by atoms with Gasteiger partial charge in [-0.25, -0.2) is 0 Å². The minimum Gasteiger partial charge on any atom is -0.493 e. The highest BCUT2D eigenvalue weighted by Gasteiger charge is 2.19. The molecule has 0 atom stereocenters. The molecule has 5 aromatic rings. The number of nitrogens with zero attached hydrogens (tertiary/aromatic N) is 4. The quantitative estimate of drug-likeness (QED) is 0.219. The number of hydrogen-bond donors (Lipinski definition) is 1. The molecule has 0 spiro atoms. The third kappa shape index (κ3) is 5.77. The van der Waals surface area contributed by atoms with Gasteiger partial charge in [0.15, 0.2) is 5.69 Å². The van der Waals surface area contributed by atoms with Crippen molar-refractivity contribution in [3.05, 3.63) is 131 Å². The van der Waals surface area contributed by atoms with Gasteiger partial charge in [0, 0.05) is 29.1 Å². The number of rotatable bonds is 8. The van der Waals surface area contributed by atoms with Crippen molar-refractivity contribution in [1.29, 1.82) is 0 Å². The van der Waals surface area contributed by atoms with Gasteiger partial charge in [-0.3, -0.25) is 14.3 Å². The van der Waals surface area contributed by atoms with Crippen LogP contribution in [0.3, 0.4) is 0 Å². The number of benzene rings is 4. The standard InChI is InChI=1S/C30H25ClN4O2/c31-25-17-15-24(16-18-25)29(36)33-32-28-26-13-7-8-14-27(26)35(30(28)37)21-34(19-22-9-3-1-4-10-22)20-23-11-5-2-6-12-23/h1-18,37H,19-21H2. The summed E-state index contributed by atoms with van der Waals surface area (Å²) >= 11 is 5.92. The second-order valence-electron chi connectivity index (χ2n) is 8.73. The van der Waals surface area contributed by atoms with Crippen molar-refractivity contribution in [2.24, 2.45) is 10.2 Å². The second kappa shape index (κ2) is 11.2. The molecule has 5 rings (SSSR count). The Morgan fingerprint density at radius 3 is 1.97 bits per heavy atom. The number of hydrogen-bond acceptors (Lipinski definition) is 4. The molecular weight excluding hydrogens is 484 g/mol. The molecule has 1 aromatic heterocycles. The minimum atomic E-state index is -0.511. The van der Waals surface area contributed by atoms with Gasteiger partial charge in [0.05, 0.1) is 12.2 Å². The number of azo groups is 1. The lowest BCUT2D eigenvalue weighted by molar-refractivity contribution is 0.0995. The maximum atomic E-state index is 12.6. The van der Waals surface area contributed by atoms with Crippen LogP contribution in [0.4, 0.5) is 5.69 Å². The lowest BCUT2D eigenvalue weighted by Gasteiger charge is -2.24. The number of halogens is 1. The van der Waals surface area contributed by atoms with E-state index in [-0.39, 0.29) is 11.6 Å². The van der Waals surface area contributed by atoms with Crippen LogP contribution in [0.2, 0.25) is 5.02 Å². The Kier molecular flexibility index (Phi) is 7.40. The van der Waals surface area contributed by atoms with Crippen molar-refractivity contribution in [3.63, 3.8) is 0 Å². The first kappa shape index (κ1) is 24.4. The molecule has 184 valence electrons. The molecular formula is C30H25ClN4O2. The highest BCUT2D eigenvalue weighted by Crippen LogP contribution is 2.39. The van der Waals surface area contributed by atoms with Gasteiger partial charge < -0.3 is 5.11 Å². The minimum absolute atomic E-state index is 0.0417. The average Bonchev–Trinajstić information content (AvgIpc) is 3.19. The molecule has 0 radical (unpaired) electrons. The van der Waals surface area contributed by atoms with Crippen molar-refractivity contribution >= 4 is 34.1 Å². The summed E-state index contributed by atoms with van der Waals surface area (Å²) < 4.78 is 1.81. The van der Waals surface area contributed by atoms with E-state index in [1.165, 1.54) is 11.1 Å². The van der Waals surface area contributed by atoms with Crippen LogP contribution < -0.4 is 0 Å². The number of carbonyl (C=O) groups is 1. The maximum absolute atomic E-state index is 12.6. The Hall–Kier alpha value is -4.26. The van der Waals surface area contributed by atoms with Crippen molar-refractivity contribution in [1.82, 2.24) is 9.47 Å². The number of fused-ring (bicyclic) bond motifs is 1. The van der Waals surface area contributed by atoms with Gasteiger partial charge in [0.1, 0.15) is 0 Å². The molecule has 37 heavy (non-hydrogen) atoms. The number of amides is 1. The summed E-state index contributed by atoms with van der Waals surface area (Å²) in [6, 6.07) is 34.5. The fourth-order valence-electron chi connectivity index (χ4n) is 4.30. The number of para-hydroxylation sites is 1. The monoisotopic (exact) mass is 508 g/mol. The molecule has 7 heteroatoms. The van der Waals surface area contributed by atoms with Crippen LogP contribution in [0.25, 0.3) is 10.9 Å². The fraction of sp³-hybridized carbons (Fsp3) is 0.100. The zero-order valence-electron chi connectivity index (χ0n) is 20.0. The van der Waals surface area contributed by atoms with Crippen LogP contribution in [-0.2, 0) is 19.8 Å². The Balaban J connectivity index is 1.48. The fourth-order valence-corrected chi connectivity index (χ4v) is 4.42. The van der Waals surface area contributed by atoms with E-state index in [4.69, 9.17) is 11.6 Å². The van der Waals surface area contributed by atoms with E-state index in [2.05, 4.69) is 39.4 Å². The zero-order valence-corrected chi connectivity index (χ0v) is 20.8. The Bertz CT molecular complexity index is 1490. The molecule has 0 aliphatic rings. The van der Waals surface area contributed by atoms with Crippen molar-refractivity contribution in [2.45, 2.75) is 19.8 Å².